The lowest BCUT2D eigenvalue weighted by Crippen LogP contribution is -2.21. The highest BCUT2D eigenvalue weighted by Gasteiger charge is 2.30. The third kappa shape index (κ3) is 7.71. The summed E-state index contributed by atoms with van der Waals surface area (Å²) in [5.74, 6) is -2.63. The van der Waals surface area contributed by atoms with E-state index in [1.54, 1.807) is 6.92 Å². The van der Waals surface area contributed by atoms with Gasteiger partial charge >= 0.3 is 0 Å². The van der Waals surface area contributed by atoms with Gasteiger partial charge in [-0.25, -0.2) is 13.2 Å². The summed E-state index contributed by atoms with van der Waals surface area (Å²) in [6, 6.07) is 0. The summed E-state index contributed by atoms with van der Waals surface area (Å²) in [5.41, 5.74) is 0. The molecule has 0 aliphatic carbocycles. The highest BCUT2D eigenvalue weighted by molar-refractivity contribution is 8.13. The quantitative estimate of drug-likeness (QED) is 0.675. The van der Waals surface area contributed by atoms with Crippen molar-refractivity contribution < 1.29 is 18.0 Å². The van der Waals surface area contributed by atoms with Crippen LogP contribution in [0.15, 0.2) is 0 Å². The van der Waals surface area contributed by atoms with Crippen molar-refractivity contribution in [2.45, 2.75) is 51.6 Å². The molecule has 1 unspecified atom stereocenters. The summed E-state index contributed by atoms with van der Waals surface area (Å²) in [6.45, 7) is 3.05. The molecule has 0 rings (SSSR count). The van der Waals surface area contributed by atoms with E-state index in [-0.39, 0.29) is 23.7 Å². The molecule has 0 N–H and O–H groups in total. The first kappa shape index (κ1) is 14.8. The van der Waals surface area contributed by atoms with Gasteiger partial charge in [-0.2, -0.15) is 0 Å². The van der Waals surface area contributed by atoms with E-state index in [4.69, 9.17) is 0 Å². The first-order chi connectivity index (χ1) is 6.91. The zero-order valence-corrected chi connectivity index (χ0v) is 9.88. The fourth-order valence-corrected chi connectivity index (χ4v) is 1.78. The third-order valence-corrected chi connectivity index (χ3v) is 3.07. The lowest BCUT2D eigenvalue weighted by molar-refractivity contribution is -0.110. The first-order valence-corrected chi connectivity index (χ1v) is 6.07. The second-order valence-electron chi connectivity index (χ2n) is 3.37. The summed E-state index contributed by atoms with van der Waals surface area (Å²) in [4.78, 5) is 10.8. The molecule has 0 saturated heterocycles. The van der Waals surface area contributed by atoms with Crippen LogP contribution < -0.4 is 0 Å². The average Bonchev–Trinajstić information content (AvgIpc) is 2.16. The normalized spacial score (nSPS) is 13.9. The standard InChI is InChI=1S/C10H17F3OS/c1-3-9(14)15-6-5-8(11)7-10(12,13)4-2/h8H,3-7H2,1-2H3. The number of halogens is 3. The van der Waals surface area contributed by atoms with Crippen LogP contribution >= 0.6 is 11.8 Å². The predicted octanol–water partition coefficient (Wildman–Crippen LogP) is 3.82. The van der Waals surface area contributed by atoms with Crippen LogP contribution in [0.1, 0.15) is 39.5 Å². The summed E-state index contributed by atoms with van der Waals surface area (Å²) in [6.07, 6.45) is -2.17. The molecule has 0 aromatic heterocycles. The van der Waals surface area contributed by atoms with Crippen molar-refractivity contribution in [3.05, 3.63) is 0 Å². The first-order valence-electron chi connectivity index (χ1n) is 5.08. The summed E-state index contributed by atoms with van der Waals surface area (Å²) < 4.78 is 38.5. The number of thioether (sulfide) groups is 1. The van der Waals surface area contributed by atoms with Crippen LogP contribution in [0.4, 0.5) is 13.2 Å². The van der Waals surface area contributed by atoms with Gasteiger partial charge < -0.3 is 0 Å². The topological polar surface area (TPSA) is 17.1 Å². The Morgan fingerprint density at radius 3 is 2.47 bits per heavy atom. The highest BCUT2D eigenvalue weighted by Crippen LogP contribution is 2.27. The Labute approximate surface area is 92.8 Å². The summed E-state index contributed by atoms with van der Waals surface area (Å²) >= 11 is 1.01. The smallest absolute Gasteiger partial charge is 0.250 e. The maximum atomic E-state index is 13.0. The summed E-state index contributed by atoms with van der Waals surface area (Å²) in [5, 5.41) is -0.0237. The van der Waals surface area contributed by atoms with Crippen LogP contribution in [0.25, 0.3) is 0 Å². The molecule has 0 amide bonds. The number of hydrogen-bond acceptors (Lipinski definition) is 2. The molecule has 0 aromatic carbocycles. The average molecular weight is 242 g/mol. The van der Waals surface area contributed by atoms with E-state index in [0.29, 0.717) is 6.42 Å². The minimum Gasteiger partial charge on any atom is -0.287 e. The monoisotopic (exact) mass is 242 g/mol. The van der Waals surface area contributed by atoms with Gasteiger partial charge in [0.2, 0.25) is 0 Å². The van der Waals surface area contributed by atoms with E-state index < -0.39 is 18.5 Å². The fraction of sp³-hybridized carbons (Fsp3) is 0.900. The van der Waals surface area contributed by atoms with Crippen LogP contribution in [-0.4, -0.2) is 23.0 Å². The number of carbonyl (C=O) groups is 1. The molecular formula is C10H17F3OS. The molecule has 0 aromatic rings. The van der Waals surface area contributed by atoms with Crippen molar-refractivity contribution in [2.24, 2.45) is 0 Å². The molecule has 0 spiro atoms. The molecule has 0 fully saturated rings. The largest absolute Gasteiger partial charge is 0.287 e. The van der Waals surface area contributed by atoms with E-state index in [0.717, 1.165) is 11.8 Å². The van der Waals surface area contributed by atoms with Gasteiger partial charge in [-0.3, -0.25) is 4.79 Å². The molecule has 0 heterocycles. The van der Waals surface area contributed by atoms with Crippen LogP contribution in [0.5, 0.6) is 0 Å². The second kappa shape index (κ2) is 7.14. The molecule has 0 bridgehead atoms. The van der Waals surface area contributed by atoms with Crippen molar-refractivity contribution in [3.63, 3.8) is 0 Å². The van der Waals surface area contributed by atoms with E-state index in [1.807, 2.05) is 0 Å². The van der Waals surface area contributed by atoms with Gasteiger partial charge in [-0.15, -0.1) is 0 Å². The third-order valence-electron chi connectivity index (χ3n) is 2.02. The van der Waals surface area contributed by atoms with Crippen LogP contribution in [-0.2, 0) is 4.79 Å². The molecule has 1 atom stereocenters. The Hall–Kier alpha value is -0.190. The van der Waals surface area contributed by atoms with Gasteiger partial charge in [0.15, 0.2) is 5.12 Å². The van der Waals surface area contributed by atoms with Gasteiger partial charge in [0, 0.05) is 25.0 Å². The number of hydrogen-bond donors (Lipinski definition) is 0. The molecule has 0 aliphatic rings. The van der Waals surface area contributed by atoms with E-state index in [1.165, 1.54) is 6.92 Å². The Morgan fingerprint density at radius 2 is 2.00 bits per heavy atom. The van der Waals surface area contributed by atoms with Crippen LogP contribution in [0.3, 0.4) is 0 Å². The molecular weight excluding hydrogens is 225 g/mol. The Bertz CT molecular complexity index is 197. The summed E-state index contributed by atoms with van der Waals surface area (Å²) in [7, 11) is 0. The zero-order chi connectivity index (χ0) is 11.9. The molecule has 0 saturated carbocycles. The van der Waals surface area contributed by atoms with Gasteiger partial charge in [0.25, 0.3) is 5.92 Å². The van der Waals surface area contributed by atoms with Gasteiger partial charge in [-0.05, 0) is 6.42 Å². The lowest BCUT2D eigenvalue weighted by atomic mass is 10.1. The predicted molar refractivity (Wildman–Crippen MR) is 57.1 cm³/mol. The Balaban J connectivity index is 3.66. The van der Waals surface area contributed by atoms with Crippen molar-refractivity contribution in [2.75, 3.05) is 5.75 Å². The van der Waals surface area contributed by atoms with E-state index >= 15 is 0 Å². The Morgan fingerprint density at radius 1 is 1.40 bits per heavy atom. The van der Waals surface area contributed by atoms with Crippen molar-refractivity contribution in [1.82, 2.24) is 0 Å². The molecule has 90 valence electrons. The van der Waals surface area contributed by atoms with Crippen molar-refractivity contribution >= 4 is 16.9 Å². The molecule has 0 radical (unpaired) electrons. The van der Waals surface area contributed by atoms with Crippen molar-refractivity contribution in [3.8, 4) is 0 Å². The Kier molecular flexibility index (Phi) is 7.05. The van der Waals surface area contributed by atoms with Gasteiger partial charge in [0.05, 0.1) is 0 Å². The minimum absolute atomic E-state index is 0.0198. The van der Waals surface area contributed by atoms with E-state index in [2.05, 4.69) is 0 Å². The van der Waals surface area contributed by atoms with Gasteiger partial charge in [0.1, 0.15) is 6.17 Å². The molecule has 1 nitrogen and oxygen atoms in total. The fourth-order valence-electron chi connectivity index (χ4n) is 0.973. The number of rotatable bonds is 7. The number of alkyl halides is 3. The maximum Gasteiger partial charge on any atom is 0.250 e. The van der Waals surface area contributed by atoms with Crippen molar-refractivity contribution in [1.29, 1.82) is 0 Å². The maximum absolute atomic E-state index is 13.0. The molecule has 5 heteroatoms. The SMILES string of the molecule is CCC(=O)SCCC(F)CC(F)(F)CC. The highest BCUT2D eigenvalue weighted by atomic mass is 32.2. The zero-order valence-electron chi connectivity index (χ0n) is 9.06. The lowest BCUT2D eigenvalue weighted by Gasteiger charge is -2.16. The van der Waals surface area contributed by atoms with Crippen LogP contribution in [0.2, 0.25) is 0 Å². The molecule has 0 aliphatic heterocycles. The number of carbonyl (C=O) groups excluding carboxylic acids is 1. The second-order valence-corrected chi connectivity index (χ2v) is 4.53. The minimum atomic E-state index is -2.92. The van der Waals surface area contributed by atoms with Crippen LogP contribution in [0, 0.1) is 0 Å². The van der Waals surface area contributed by atoms with E-state index in [9.17, 15) is 18.0 Å². The van der Waals surface area contributed by atoms with Gasteiger partial charge in [-0.1, -0.05) is 25.6 Å². The molecule has 15 heavy (non-hydrogen) atoms.